The zero-order valence-electron chi connectivity index (χ0n) is 14.4. The van der Waals surface area contributed by atoms with E-state index in [0.717, 1.165) is 27.9 Å². The lowest BCUT2D eigenvalue weighted by Gasteiger charge is -2.35. The van der Waals surface area contributed by atoms with Crippen molar-refractivity contribution in [1.29, 1.82) is 0 Å². The first kappa shape index (κ1) is 19.9. The summed E-state index contributed by atoms with van der Waals surface area (Å²) in [7, 11) is -4.13. The number of benzene rings is 1. The average Bonchev–Trinajstić information content (AvgIpc) is 2.61. The van der Waals surface area contributed by atoms with Crippen molar-refractivity contribution in [3.8, 4) is 0 Å². The molecule has 1 fully saturated rings. The number of halogens is 4. The third kappa shape index (κ3) is 4.20. The average molecular weight is 420 g/mol. The van der Waals surface area contributed by atoms with Gasteiger partial charge in [-0.3, -0.25) is 0 Å². The Bertz CT molecular complexity index is 943. The van der Waals surface area contributed by atoms with E-state index in [1.54, 1.807) is 0 Å². The summed E-state index contributed by atoms with van der Waals surface area (Å²) in [5, 5.41) is -0.231. The first-order valence-corrected chi connectivity index (χ1v) is 9.96. The molecular weight excluding hydrogens is 403 g/mol. The van der Waals surface area contributed by atoms with Gasteiger partial charge in [0, 0.05) is 31.9 Å². The van der Waals surface area contributed by atoms with E-state index in [-0.39, 0.29) is 18.1 Å². The molecule has 0 spiro atoms. The second-order valence-corrected chi connectivity index (χ2v) is 8.48. The number of piperazine rings is 1. The number of alkyl halides is 3. The molecule has 0 radical (unpaired) electrons. The summed E-state index contributed by atoms with van der Waals surface area (Å²) >= 11 is 5.90. The molecule has 27 heavy (non-hydrogen) atoms. The maximum Gasteiger partial charge on any atom is 0.416 e. The van der Waals surface area contributed by atoms with Crippen LogP contribution in [0.15, 0.2) is 41.3 Å². The molecule has 0 N–H and O–H groups in total. The molecule has 3 rings (SSSR count). The van der Waals surface area contributed by atoms with Crippen molar-refractivity contribution in [2.24, 2.45) is 0 Å². The summed E-state index contributed by atoms with van der Waals surface area (Å²) in [6.45, 7) is 2.88. The summed E-state index contributed by atoms with van der Waals surface area (Å²) in [4.78, 5) is 5.82. The molecule has 0 bridgehead atoms. The van der Waals surface area contributed by atoms with Gasteiger partial charge < -0.3 is 4.90 Å². The molecule has 2 heterocycles. The maximum absolute atomic E-state index is 12.9. The van der Waals surface area contributed by atoms with Crippen molar-refractivity contribution in [3.63, 3.8) is 0 Å². The summed E-state index contributed by atoms with van der Waals surface area (Å²) in [5.74, 6) is 0.740. The van der Waals surface area contributed by atoms with E-state index < -0.39 is 26.7 Å². The summed E-state index contributed by atoms with van der Waals surface area (Å²) in [6, 6.07) is 7.88. The van der Waals surface area contributed by atoms with Crippen molar-refractivity contribution >= 4 is 27.4 Å². The van der Waals surface area contributed by atoms with Crippen molar-refractivity contribution < 1.29 is 21.6 Å². The molecule has 0 unspecified atom stereocenters. The Labute approximate surface area is 160 Å². The van der Waals surface area contributed by atoms with E-state index in [1.807, 2.05) is 30.0 Å². The van der Waals surface area contributed by atoms with Crippen LogP contribution >= 0.6 is 11.6 Å². The Morgan fingerprint density at radius 3 is 2.33 bits per heavy atom. The highest BCUT2D eigenvalue weighted by Crippen LogP contribution is 2.34. The fraction of sp³-hybridized carbons (Fsp3) is 0.353. The van der Waals surface area contributed by atoms with E-state index in [0.29, 0.717) is 19.2 Å². The molecule has 5 nitrogen and oxygen atoms in total. The Balaban J connectivity index is 1.81. The van der Waals surface area contributed by atoms with Crippen LogP contribution in [0.5, 0.6) is 0 Å². The largest absolute Gasteiger partial charge is 0.416 e. The molecule has 1 aliphatic rings. The van der Waals surface area contributed by atoms with Gasteiger partial charge in [-0.05, 0) is 37.3 Å². The lowest BCUT2D eigenvalue weighted by atomic mass is 10.2. The lowest BCUT2D eigenvalue weighted by molar-refractivity contribution is -0.137. The molecule has 0 amide bonds. The molecule has 1 aliphatic heterocycles. The lowest BCUT2D eigenvalue weighted by Crippen LogP contribution is -2.49. The molecule has 2 aromatic rings. The molecular formula is C17H17ClF3N3O2S. The number of pyridine rings is 1. The number of aryl methyl sites for hydroxylation is 1. The van der Waals surface area contributed by atoms with Gasteiger partial charge in [0.1, 0.15) is 10.7 Å². The zero-order valence-corrected chi connectivity index (χ0v) is 15.9. The van der Waals surface area contributed by atoms with Gasteiger partial charge in [-0.15, -0.1) is 0 Å². The van der Waals surface area contributed by atoms with Crippen molar-refractivity contribution in [2.45, 2.75) is 18.0 Å². The molecule has 1 saturated heterocycles. The Hall–Kier alpha value is -1.84. The first-order chi connectivity index (χ1) is 12.6. The number of aromatic nitrogens is 1. The number of nitrogens with zero attached hydrogens (tertiary/aromatic N) is 3. The Morgan fingerprint density at radius 1 is 1.07 bits per heavy atom. The van der Waals surface area contributed by atoms with Crippen LogP contribution in [0.3, 0.4) is 0 Å². The van der Waals surface area contributed by atoms with Gasteiger partial charge in [0.25, 0.3) is 0 Å². The van der Waals surface area contributed by atoms with Gasteiger partial charge >= 0.3 is 6.18 Å². The summed E-state index contributed by atoms with van der Waals surface area (Å²) in [5.41, 5.74) is -0.202. The number of anilines is 1. The molecule has 1 aromatic carbocycles. The third-order valence-electron chi connectivity index (χ3n) is 4.31. The van der Waals surface area contributed by atoms with Crippen LogP contribution < -0.4 is 4.90 Å². The minimum Gasteiger partial charge on any atom is -0.354 e. The molecule has 0 atom stereocenters. The second-order valence-electron chi connectivity index (χ2n) is 6.17. The Kier molecular flexibility index (Phi) is 5.38. The van der Waals surface area contributed by atoms with Crippen LogP contribution in [-0.4, -0.2) is 43.9 Å². The van der Waals surface area contributed by atoms with E-state index in [9.17, 15) is 21.6 Å². The predicted molar refractivity (Wildman–Crippen MR) is 96.4 cm³/mol. The van der Waals surface area contributed by atoms with Gasteiger partial charge in [0.15, 0.2) is 0 Å². The van der Waals surface area contributed by atoms with Crippen LogP contribution in [0.1, 0.15) is 11.3 Å². The number of hydrogen-bond donors (Lipinski definition) is 0. The molecule has 10 heteroatoms. The fourth-order valence-corrected chi connectivity index (χ4v) is 4.80. The van der Waals surface area contributed by atoms with Crippen molar-refractivity contribution in [3.05, 3.63) is 52.7 Å². The van der Waals surface area contributed by atoms with Gasteiger partial charge in [-0.2, -0.15) is 17.5 Å². The van der Waals surface area contributed by atoms with Gasteiger partial charge in [-0.25, -0.2) is 13.4 Å². The summed E-state index contributed by atoms with van der Waals surface area (Å²) < 4.78 is 65.6. The standard InChI is InChI=1S/C17H17ClF3N3O2S/c1-12-3-2-4-16(22-12)23-7-9-24(10-8-23)27(25,26)15-11-13(17(19,20)21)5-6-14(15)18/h2-6,11H,7-10H2,1H3. The Morgan fingerprint density at radius 2 is 1.74 bits per heavy atom. The minimum absolute atomic E-state index is 0.129. The van der Waals surface area contributed by atoms with Crippen LogP contribution in [-0.2, 0) is 16.2 Å². The van der Waals surface area contributed by atoms with E-state index >= 15 is 0 Å². The van der Waals surface area contributed by atoms with Gasteiger partial charge in [0.05, 0.1) is 10.6 Å². The van der Waals surface area contributed by atoms with E-state index in [2.05, 4.69) is 4.98 Å². The van der Waals surface area contributed by atoms with Crippen LogP contribution in [0.25, 0.3) is 0 Å². The summed E-state index contributed by atoms with van der Waals surface area (Å²) in [6.07, 6.45) is -4.65. The molecule has 0 saturated carbocycles. The minimum atomic E-state index is -4.65. The molecule has 1 aromatic heterocycles. The van der Waals surface area contributed by atoms with E-state index in [4.69, 9.17) is 11.6 Å². The second kappa shape index (κ2) is 7.29. The number of sulfonamides is 1. The van der Waals surface area contributed by atoms with E-state index in [1.165, 1.54) is 0 Å². The van der Waals surface area contributed by atoms with Crippen molar-refractivity contribution in [1.82, 2.24) is 9.29 Å². The normalized spacial score (nSPS) is 16.6. The third-order valence-corrected chi connectivity index (χ3v) is 6.69. The maximum atomic E-state index is 12.9. The topological polar surface area (TPSA) is 53.5 Å². The highest BCUT2D eigenvalue weighted by Gasteiger charge is 2.35. The number of hydrogen-bond acceptors (Lipinski definition) is 4. The van der Waals surface area contributed by atoms with Crippen LogP contribution in [0.4, 0.5) is 19.0 Å². The zero-order chi connectivity index (χ0) is 19.8. The first-order valence-electron chi connectivity index (χ1n) is 8.14. The highest BCUT2D eigenvalue weighted by atomic mass is 35.5. The quantitative estimate of drug-likeness (QED) is 0.763. The fourth-order valence-electron chi connectivity index (χ4n) is 2.88. The number of rotatable bonds is 3. The predicted octanol–water partition coefficient (Wildman–Crippen LogP) is 3.57. The molecule has 0 aliphatic carbocycles. The SMILES string of the molecule is Cc1cccc(N2CCN(S(=O)(=O)c3cc(C(F)(F)F)ccc3Cl)CC2)n1. The smallest absolute Gasteiger partial charge is 0.354 e. The van der Waals surface area contributed by atoms with Crippen molar-refractivity contribution in [2.75, 3.05) is 31.1 Å². The van der Waals surface area contributed by atoms with Crippen LogP contribution in [0, 0.1) is 6.92 Å². The van der Waals surface area contributed by atoms with Gasteiger partial charge in [0.2, 0.25) is 10.0 Å². The van der Waals surface area contributed by atoms with Crippen LogP contribution in [0.2, 0.25) is 5.02 Å². The van der Waals surface area contributed by atoms with Gasteiger partial charge in [-0.1, -0.05) is 17.7 Å². The molecule has 146 valence electrons. The highest BCUT2D eigenvalue weighted by molar-refractivity contribution is 7.89. The monoisotopic (exact) mass is 419 g/mol.